The van der Waals surface area contributed by atoms with Crippen molar-refractivity contribution in [2.24, 2.45) is 0 Å². The Morgan fingerprint density at radius 2 is 1.85 bits per heavy atom. The van der Waals surface area contributed by atoms with Gasteiger partial charge in [0.25, 0.3) is 5.91 Å². The summed E-state index contributed by atoms with van der Waals surface area (Å²) in [6.45, 7) is 5.93. The van der Waals surface area contributed by atoms with E-state index in [2.05, 4.69) is 20.3 Å². The molecule has 3 rings (SSSR count). The van der Waals surface area contributed by atoms with Gasteiger partial charge < -0.3 is 10.1 Å². The third-order valence-electron chi connectivity index (χ3n) is 3.98. The van der Waals surface area contributed by atoms with Gasteiger partial charge in [-0.3, -0.25) is 4.79 Å². The smallest absolute Gasteiger partial charge is 0.251 e. The van der Waals surface area contributed by atoms with Gasteiger partial charge >= 0.3 is 0 Å². The lowest BCUT2D eigenvalue weighted by Crippen LogP contribution is -2.27. The molecular weight excluding hydrogens is 348 g/mol. The Morgan fingerprint density at radius 1 is 1.15 bits per heavy atom. The van der Waals surface area contributed by atoms with Crippen LogP contribution in [0.5, 0.6) is 5.88 Å². The monoisotopic (exact) mass is 368 g/mol. The molecule has 1 aromatic carbocycles. The van der Waals surface area contributed by atoms with Crippen LogP contribution in [0.1, 0.15) is 38.9 Å². The maximum atomic E-state index is 12.5. The normalized spacial score (nSPS) is 11.8. The van der Waals surface area contributed by atoms with Crippen LogP contribution >= 0.6 is 11.3 Å². The van der Waals surface area contributed by atoms with Crippen molar-refractivity contribution in [2.75, 3.05) is 7.11 Å². The Balaban J connectivity index is 1.76. The van der Waals surface area contributed by atoms with Gasteiger partial charge in [0.05, 0.1) is 23.9 Å². The predicted octanol–water partition coefficient (Wildman–Crippen LogP) is 3.72. The highest BCUT2D eigenvalue weighted by atomic mass is 32.1. The summed E-state index contributed by atoms with van der Waals surface area (Å²) in [5.41, 5.74) is 2.98. The highest BCUT2D eigenvalue weighted by Gasteiger charge is 2.17. The molecule has 6 nitrogen and oxygen atoms in total. The maximum absolute atomic E-state index is 12.5. The van der Waals surface area contributed by atoms with Gasteiger partial charge in [0.2, 0.25) is 5.88 Å². The highest BCUT2D eigenvalue weighted by molar-refractivity contribution is 7.11. The number of aryl methyl sites for hydroxylation is 2. The van der Waals surface area contributed by atoms with Crippen LogP contribution in [-0.4, -0.2) is 28.0 Å². The van der Waals surface area contributed by atoms with Gasteiger partial charge in [0, 0.05) is 28.4 Å². The Morgan fingerprint density at radius 3 is 2.46 bits per heavy atom. The number of carbonyl (C=O) groups is 1. The van der Waals surface area contributed by atoms with Crippen molar-refractivity contribution >= 4 is 17.2 Å². The molecule has 1 N–H and O–H groups in total. The topological polar surface area (TPSA) is 77.0 Å². The molecule has 0 aliphatic carbocycles. The zero-order chi connectivity index (χ0) is 18.7. The molecular formula is C19H20N4O2S. The summed E-state index contributed by atoms with van der Waals surface area (Å²) < 4.78 is 5.23. The number of aromatic nitrogens is 3. The van der Waals surface area contributed by atoms with E-state index in [0.717, 1.165) is 21.1 Å². The minimum atomic E-state index is -0.146. The molecule has 0 spiro atoms. The lowest BCUT2D eigenvalue weighted by atomic mass is 10.1. The van der Waals surface area contributed by atoms with Crippen molar-refractivity contribution in [1.82, 2.24) is 20.3 Å². The fraction of sp³-hybridized carbons (Fsp3) is 0.263. The van der Waals surface area contributed by atoms with Gasteiger partial charge in [0.1, 0.15) is 5.69 Å². The van der Waals surface area contributed by atoms with E-state index in [9.17, 15) is 4.79 Å². The molecule has 0 aliphatic rings. The first-order chi connectivity index (χ1) is 12.5. The molecule has 1 amide bonds. The second kappa shape index (κ2) is 7.61. The van der Waals surface area contributed by atoms with Crippen LogP contribution < -0.4 is 10.1 Å². The van der Waals surface area contributed by atoms with E-state index < -0.39 is 0 Å². The van der Waals surface area contributed by atoms with E-state index in [4.69, 9.17) is 4.74 Å². The highest BCUT2D eigenvalue weighted by Crippen LogP contribution is 2.26. The minimum Gasteiger partial charge on any atom is -0.479 e. The molecule has 0 aliphatic heterocycles. The standard InChI is InChI=1S/C19H20N4O2S/c1-11(16-12(2)26-13(3)23-16)22-18(24)15-7-5-14(6-8-15)17-19(25-4)21-10-9-20-17/h5-11H,1-4H3,(H,22,24)/t11-/m0/s1. The van der Waals surface area contributed by atoms with Crippen molar-refractivity contribution in [3.63, 3.8) is 0 Å². The Labute approximate surface area is 156 Å². The van der Waals surface area contributed by atoms with Crippen molar-refractivity contribution in [3.05, 3.63) is 57.8 Å². The van der Waals surface area contributed by atoms with Crippen LogP contribution in [0.2, 0.25) is 0 Å². The number of nitrogens with one attached hydrogen (secondary N) is 1. The summed E-state index contributed by atoms with van der Waals surface area (Å²) in [5, 5.41) is 4.00. The van der Waals surface area contributed by atoms with Crippen LogP contribution in [0.25, 0.3) is 11.3 Å². The first-order valence-electron chi connectivity index (χ1n) is 8.19. The van der Waals surface area contributed by atoms with Gasteiger partial charge in [0.15, 0.2) is 0 Å². The lowest BCUT2D eigenvalue weighted by Gasteiger charge is -2.13. The number of rotatable bonds is 5. The van der Waals surface area contributed by atoms with E-state index in [1.807, 2.05) is 32.9 Å². The number of methoxy groups -OCH3 is 1. The number of benzene rings is 1. The summed E-state index contributed by atoms with van der Waals surface area (Å²) in [5.74, 6) is 0.313. The Bertz CT molecular complexity index is 922. The number of hydrogen-bond acceptors (Lipinski definition) is 6. The quantitative estimate of drug-likeness (QED) is 0.743. The maximum Gasteiger partial charge on any atom is 0.251 e. The van der Waals surface area contributed by atoms with Gasteiger partial charge in [-0.15, -0.1) is 11.3 Å². The van der Waals surface area contributed by atoms with E-state index in [-0.39, 0.29) is 11.9 Å². The number of ether oxygens (including phenoxy) is 1. The molecule has 0 radical (unpaired) electrons. The number of hydrogen-bond donors (Lipinski definition) is 1. The number of carbonyl (C=O) groups excluding carboxylic acids is 1. The molecule has 0 unspecified atom stereocenters. The van der Waals surface area contributed by atoms with Gasteiger partial charge in [-0.25, -0.2) is 15.0 Å². The van der Waals surface area contributed by atoms with E-state index in [1.165, 1.54) is 0 Å². The fourth-order valence-electron chi connectivity index (χ4n) is 2.75. The van der Waals surface area contributed by atoms with Crippen molar-refractivity contribution in [3.8, 4) is 17.1 Å². The van der Waals surface area contributed by atoms with Gasteiger partial charge in [-0.2, -0.15) is 0 Å². The summed E-state index contributed by atoms with van der Waals surface area (Å²) in [6.07, 6.45) is 3.19. The minimum absolute atomic E-state index is 0.139. The second-order valence-corrected chi connectivity index (χ2v) is 7.27. The molecule has 7 heteroatoms. The number of amides is 1. The van der Waals surface area contributed by atoms with Crippen molar-refractivity contribution in [2.45, 2.75) is 26.8 Å². The Kier molecular flexibility index (Phi) is 5.27. The van der Waals surface area contributed by atoms with E-state index in [0.29, 0.717) is 17.1 Å². The summed E-state index contributed by atoms with van der Waals surface area (Å²) in [4.78, 5) is 26.6. The third-order valence-corrected chi connectivity index (χ3v) is 4.88. The molecule has 134 valence electrons. The van der Waals surface area contributed by atoms with Crippen LogP contribution in [-0.2, 0) is 0 Å². The fourth-order valence-corrected chi connectivity index (χ4v) is 3.66. The van der Waals surface area contributed by atoms with Crippen LogP contribution in [0, 0.1) is 13.8 Å². The summed E-state index contributed by atoms with van der Waals surface area (Å²) >= 11 is 1.64. The molecule has 3 aromatic rings. The van der Waals surface area contributed by atoms with Crippen LogP contribution in [0.3, 0.4) is 0 Å². The lowest BCUT2D eigenvalue weighted by molar-refractivity contribution is 0.0939. The van der Waals surface area contributed by atoms with Gasteiger partial charge in [-0.1, -0.05) is 12.1 Å². The molecule has 2 heterocycles. The first kappa shape index (κ1) is 18.0. The molecule has 2 aromatic heterocycles. The first-order valence-corrected chi connectivity index (χ1v) is 9.01. The number of nitrogens with zero attached hydrogens (tertiary/aromatic N) is 3. The SMILES string of the molecule is COc1nccnc1-c1ccc(C(=O)N[C@@H](C)c2nc(C)sc2C)cc1. The van der Waals surface area contributed by atoms with Crippen LogP contribution in [0.4, 0.5) is 0 Å². The molecule has 1 atom stereocenters. The molecule has 0 saturated carbocycles. The van der Waals surface area contributed by atoms with Gasteiger partial charge in [-0.05, 0) is 32.9 Å². The average molecular weight is 368 g/mol. The molecule has 26 heavy (non-hydrogen) atoms. The average Bonchev–Trinajstić information content (AvgIpc) is 3.00. The molecule has 0 fully saturated rings. The summed E-state index contributed by atoms with van der Waals surface area (Å²) in [7, 11) is 1.55. The van der Waals surface area contributed by atoms with E-state index >= 15 is 0 Å². The zero-order valence-electron chi connectivity index (χ0n) is 15.1. The zero-order valence-corrected chi connectivity index (χ0v) is 15.9. The number of thiazole rings is 1. The summed E-state index contributed by atoms with van der Waals surface area (Å²) in [6, 6.07) is 7.07. The Hall–Kier alpha value is -2.80. The predicted molar refractivity (Wildman–Crippen MR) is 101 cm³/mol. The van der Waals surface area contributed by atoms with Crippen molar-refractivity contribution in [1.29, 1.82) is 0 Å². The third kappa shape index (κ3) is 3.72. The van der Waals surface area contributed by atoms with Crippen molar-refractivity contribution < 1.29 is 9.53 Å². The van der Waals surface area contributed by atoms with E-state index in [1.54, 1.807) is 43.0 Å². The molecule has 0 bridgehead atoms. The largest absolute Gasteiger partial charge is 0.479 e. The van der Waals surface area contributed by atoms with Crippen LogP contribution in [0.15, 0.2) is 36.7 Å². The second-order valence-electron chi connectivity index (χ2n) is 5.86. The molecule has 0 saturated heterocycles.